The van der Waals surface area contributed by atoms with E-state index in [0.29, 0.717) is 19.4 Å². The van der Waals surface area contributed by atoms with E-state index in [0.717, 1.165) is 17.1 Å². The molecule has 1 aromatic heterocycles. The summed E-state index contributed by atoms with van der Waals surface area (Å²) in [5, 5.41) is 2.96. The predicted octanol–water partition coefficient (Wildman–Crippen LogP) is 1.71. The molecule has 6 heteroatoms. The molecule has 0 fully saturated rings. The van der Waals surface area contributed by atoms with E-state index in [4.69, 9.17) is 0 Å². The van der Waals surface area contributed by atoms with E-state index in [1.807, 2.05) is 19.2 Å². The van der Waals surface area contributed by atoms with Crippen molar-refractivity contribution in [2.24, 2.45) is 0 Å². The molecule has 1 N–H and O–H groups in total. The fraction of sp³-hybridized carbons (Fsp3) is 0.700. The van der Waals surface area contributed by atoms with Crippen LogP contribution in [-0.4, -0.2) is 25.7 Å². The molecule has 1 aromatic rings. The highest BCUT2D eigenvalue weighted by atomic mass is 32.2. The zero-order valence-corrected chi connectivity index (χ0v) is 11.3. The van der Waals surface area contributed by atoms with Crippen LogP contribution in [0.15, 0.2) is 5.38 Å². The molecule has 92 valence electrons. The zero-order chi connectivity index (χ0) is 12.0. The van der Waals surface area contributed by atoms with Crippen LogP contribution in [0.1, 0.15) is 30.5 Å². The second-order valence-electron chi connectivity index (χ2n) is 3.70. The highest BCUT2D eigenvalue weighted by Crippen LogP contribution is 2.08. The van der Waals surface area contributed by atoms with E-state index in [9.17, 15) is 8.42 Å². The molecular formula is C10H18N2O2S2. The van der Waals surface area contributed by atoms with Crippen molar-refractivity contribution in [3.63, 3.8) is 0 Å². The van der Waals surface area contributed by atoms with Gasteiger partial charge in [-0.2, -0.15) is 0 Å². The number of hydrogen-bond acceptors (Lipinski definition) is 4. The number of unbranched alkanes of at least 4 members (excludes halogenated alkanes) is 1. The van der Waals surface area contributed by atoms with Crippen LogP contribution < -0.4 is 4.72 Å². The third-order valence-electron chi connectivity index (χ3n) is 2.09. The van der Waals surface area contributed by atoms with Crippen LogP contribution in [0, 0.1) is 6.92 Å². The number of thiazole rings is 1. The summed E-state index contributed by atoms with van der Waals surface area (Å²) in [4.78, 5) is 4.28. The minimum absolute atomic E-state index is 0.223. The molecule has 0 radical (unpaired) electrons. The predicted molar refractivity (Wildman–Crippen MR) is 67.3 cm³/mol. The Morgan fingerprint density at radius 1 is 1.50 bits per heavy atom. The lowest BCUT2D eigenvalue weighted by Gasteiger charge is -2.04. The molecule has 0 bridgehead atoms. The largest absolute Gasteiger partial charge is 0.247 e. The summed E-state index contributed by atoms with van der Waals surface area (Å²) in [6.45, 7) is 4.36. The van der Waals surface area contributed by atoms with Gasteiger partial charge < -0.3 is 0 Å². The quantitative estimate of drug-likeness (QED) is 0.814. The Bertz CT molecular complexity index is 412. The number of nitrogens with one attached hydrogen (secondary N) is 1. The van der Waals surface area contributed by atoms with Gasteiger partial charge >= 0.3 is 0 Å². The van der Waals surface area contributed by atoms with Gasteiger partial charge in [0.05, 0.1) is 10.8 Å². The minimum Gasteiger partial charge on any atom is -0.247 e. The lowest BCUT2D eigenvalue weighted by Crippen LogP contribution is -2.28. The van der Waals surface area contributed by atoms with Crippen molar-refractivity contribution in [3.8, 4) is 0 Å². The van der Waals surface area contributed by atoms with Crippen molar-refractivity contribution in [1.29, 1.82) is 0 Å². The van der Waals surface area contributed by atoms with Crippen LogP contribution in [0.2, 0.25) is 0 Å². The van der Waals surface area contributed by atoms with Crippen molar-refractivity contribution in [1.82, 2.24) is 9.71 Å². The van der Waals surface area contributed by atoms with Gasteiger partial charge in [-0.15, -0.1) is 11.3 Å². The Labute approximate surface area is 101 Å². The SMILES string of the molecule is CCCCS(=O)(=O)NCCc1nc(C)cs1. The molecule has 0 saturated heterocycles. The fourth-order valence-corrected chi connectivity index (χ4v) is 3.24. The van der Waals surface area contributed by atoms with E-state index in [1.54, 1.807) is 11.3 Å². The molecule has 16 heavy (non-hydrogen) atoms. The fourth-order valence-electron chi connectivity index (χ4n) is 1.24. The molecular weight excluding hydrogens is 244 g/mol. The first-order chi connectivity index (χ1) is 7.53. The Kier molecular flexibility index (Phi) is 5.37. The molecule has 0 aromatic carbocycles. The van der Waals surface area contributed by atoms with Gasteiger partial charge in [0.15, 0.2) is 0 Å². The number of aryl methyl sites for hydroxylation is 1. The highest BCUT2D eigenvalue weighted by molar-refractivity contribution is 7.89. The first-order valence-corrected chi connectivity index (χ1v) is 7.95. The first-order valence-electron chi connectivity index (χ1n) is 5.42. The summed E-state index contributed by atoms with van der Waals surface area (Å²) < 4.78 is 25.5. The number of nitrogens with zero attached hydrogens (tertiary/aromatic N) is 1. The maximum Gasteiger partial charge on any atom is 0.211 e. The van der Waals surface area contributed by atoms with Gasteiger partial charge in [0.2, 0.25) is 10.0 Å². The van der Waals surface area contributed by atoms with Crippen LogP contribution >= 0.6 is 11.3 Å². The van der Waals surface area contributed by atoms with Crippen molar-refractivity contribution in [2.45, 2.75) is 33.1 Å². The molecule has 0 spiro atoms. The second-order valence-corrected chi connectivity index (χ2v) is 6.57. The summed E-state index contributed by atoms with van der Waals surface area (Å²) in [5.41, 5.74) is 0.994. The number of aromatic nitrogens is 1. The van der Waals surface area contributed by atoms with Crippen molar-refractivity contribution < 1.29 is 8.42 Å². The first kappa shape index (κ1) is 13.6. The molecule has 1 heterocycles. The zero-order valence-electron chi connectivity index (χ0n) is 9.69. The van der Waals surface area contributed by atoms with Crippen LogP contribution in [0.5, 0.6) is 0 Å². The van der Waals surface area contributed by atoms with E-state index in [2.05, 4.69) is 9.71 Å². The standard InChI is InChI=1S/C10H18N2O2S2/c1-3-4-7-16(13,14)11-6-5-10-12-9(2)8-15-10/h8,11H,3-7H2,1-2H3. The van der Waals surface area contributed by atoms with E-state index >= 15 is 0 Å². The Morgan fingerprint density at radius 2 is 2.25 bits per heavy atom. The molecule has 0 aliphatic rings. The minimum atomic E-state index is -3.08. The van der Waals surface area contributed by atoms with E-state index in [1.165, 1.54) is 0 Å². The van der Waals surface area contributed by atoms with Crippen LogP contribution in [0.25, 0.3) is 0 Å². The van der Waals surface area contributed by atoms with Gasteiger partial charge in [-0.1, -0.05) is 13.3 Å². The van der Waals surface area contributed by atoms with Crippen molar-refractivity contribution in [3.05, 3.63) is 16.1 Å². The molecule has 0 aliphatic carbocycles. The number of rotatable bonds is 7. The van der Waals surface area contributed by atoms with Crippen LogP contribution in [0.4, 0.5) is 0 Å². The Hall–Kier alpha value is -0.460. The monoisotopic (exact) mass is 262 g/mol. The normalized spacial score (nSPS) is 11.9. The third kappa shape index (κ3) is 5.05. The second kappa shape index (κ2) is 6.32. The van der Waals surface area contributed by atoms with E-state index < -0.39 is 10.0 Å². The van der Waals surface area contributed by atoms with Crippen LogP contribution in [-0.2, 0) is 16.4 Å². The van der Waals surface area contributed by atoms with Crippen molar-refractivity contribution >= 4 is 21.4 Å². The van der Waals surface area contributed by atoms with Gasteiger partial charge in [0, 0.05) is 24.0 Å². The molecule has 0 atom stereocenters. The smallest absolute Gasteiger partial charge is 0.211 e. The van der Waals surface area contributed by atoms with Crippen LogP contribution in [0.3, 0.4) is 0 Å². The lowest BCUT2D eigenvalue weighted by molar-refractivity contribution is 0.578. The maximum atomic E-state index is 11.5. The molecule has 0 amide bonds. The maximum absolute atomic E-state index is 11.5. The number of hydrogen-bond donors (Lipinski definition) is 1. The average molecular weight is 262 g/mol. The van der Waals surface area contributed by atoms with Gasteiger partial charge in [-0.25, -0.2) is 18.1 Å². The lowest BCUT2D eigenvalue weighted by atomic mass is 10.4. The molecule has 0 unspecified atom stereocenters. The van der Waals surface area contributed by atoms with E-state index in [-0.39, 0.29) is 5.75 Å². The van der Waals surface area contributed by atoms with Gasteiger partial charge in [0.1, 0.15) is 0 Å². The molecule has 4 nitrogen and oxygen atoms in total. The summed E-state index contributed by atoms with van der Waals surface area (Å²) in [7, 11) is -3.08. The average Bonchev–Trinajstić information content (AvgIpc) is 2.61. The Morgan fingerprint density at radius 3 is 2.81 bits per heavy atom. The summed E-state index contributed by atoms with van der Waals surface area (Å²) in [6, 6.07) is 0. The molecule has 1 rings (SSSR count). The van der Waals surface area contributed by atoms with Gasteiger partial charge in [-0.05, 0) is 13.3 Å². The van der Waals surface area contributed by atoms with Gasteiger partial charge in [0.25, 0.3) is 0 Å². The Balaban J connectivity index is 2.29. The summed E-state index contributed by atoms with van der Waals surface area (Å²) >= 11 is 1.57. The topological polar surface area (TPSA) is 59.1 Å². The summed E-state index contributed by atoms with van der Waals surface area (Å²) in [5.74, 6) is 0.223. The third-order valence-corrected chi connectivity index (χ3v) is 4.59. The molecule has 0 saturated carbocycles. The summed E-state index contributed by atoms with van der Waals surface area (Å²) in [6.07, 6.45) is 2.28. The highest BCUT2D eigenvalue weighted by Gasteiger charge is 2.08. The molecule has 0 aliphatic heterocycles. The number of sulfonamides is 1. The van der Waals surface area contributed by atoms with Crippen molar-refractivity contribution in [2.75, 3.05) is 12.3 Å². The van der Waals surface area contributed by atoms with Gasteiger partial charge in [-0.3, -0.25) is 0 Å².